The molecule has 0 amide bonds. The number of hydrogen-bond donors (Lipinski definition) is 1. The molecule has 16 heavy (non-hydrogen) atoms. The van der Waals surface area contributed by atoms with Crippen molar-refractivity contribution in [2.24, 2.45) is 0 Å². The molecule has 1 aromatic rings. The van der Waals surface area contributed by atoms with Crippen LogP contribution in [0.3, 0.4) is 0 Å². The molecule has 0 aliphatic heterocycles. The summed E-state index contributed by atoms with van der Waals surface area (Å²) >= 11 is 5.05. The van der Waals surface area contributed by atoms with Crippen molar-refractivity contribution in [3.8, 4) is 0 Å². The summed E-state index contributed by atoms with van der Waals surface area (Å²) in [5.41, 5.74) is 0. The first-order valence-electron chi connectivity index (χ1n) is 5.04. The van der Waals surface area contributed by atoms with Gasteiger partial charge >= 0.3 is 0 Å². The summed E-state index contributed by atoms with van der Waals surface area (Å²) in [6.45, 7) is 3.65. The summed E-state index contributed by atoms with van der Waals surface area (Å²) in [7, 11) is 0. The van der Waals surface area contributed by atoms with Crippen molar-refractivity contribution in [3.05, 3.63) is 10.6 Å². The Hall–Kier alpha value is -0.820. The van der Waals surface area contributed by atoms with Crippen LogP contribution in [0, 0.1) is 4.77 Å². The fraction of sp³-hybridized carbons (Fsp3) is 0.778. The Morgan fingerprint density at radius 2 is 2.19 bits per heavy atom. The lowest BCUT2D eigenvalue weighted by Gasteiger charge is -2.10. The lowest BCUT2D eigenvalue weighted by Crippen LogP contribution is -2.12. The molecular weight excluding hydrogens is 236 g/mol. The molecule has 0 spiro atoms. The van der Waals surface area contributed by atoms with Gasteiger partial charge in [-0.15, -0.1) is 0 Å². The van der Waals surface area contributed by atoms with Crippen LogP contribution in [0.2, 0.25) is 0 Å². The number of hydrogen-bond acceptors (Lipinski definition) is 3. The molecule has 0 saturated heterocycles. The molecule has 0 fully saturated rings. The second-order valence-electron chi connectivity index (χ2n) is 3.62. The van der Waals surface area contributed by atoms with Gasteiger partial charge in [0.05, 0.1) is 6.61 Å². The summed E-state index contributed by atoms with van der Waals surface area (Å²) in [5.74, 6) is 0.731. The molecule has 0 atom stereocenters. The van der Waals surface area contributed by atoms with E-state index < -0.39 is 13.0 Å². The van der Waals surface area contributed by atoms with Crippen LogP contribution in [-0.4, -0.2) is 34.4 Å². The number of halogens is 2. The van der Waals surface area contributed by atoms with Crippen LogP contribution in [0.15, 0.2) is 0 Å². The van der Waals surface area contributed by atoms with E-state index in [1.807, 2.05) is 18.4 Å². The number of nitrogens with zero attached hydrogens (tertiary/aromatic N) is 2. The first-order chi connectivity index (χ1) is 7.52. The van der Waals surface area contributed by atoms with E-state index in [2.05, 4.69) is 10.2 Å². The molecule has 0 saturated carbocycles. The minimum Gasteiger partial charge on any atom is -0.375 e. The summed E-state index contributed by atoms with van der Waals surface area (Å²) in [6.07, 6.45) is -1.95. The summed E-state index contributed by atoms with van der Waals surface area (Å²) in [6, 6.07) is 0.191. The topological polar surface area (TPSA) is 42.8 Å². The van der Waals surface area contributed by atoms with Crippen molar-refractivity contribution in [1.29, 1.82) is 0 Å². The third-order valence-electron chi connectivity index (χ3n) is 2.01. The molecule has 0 unspecified atom stereocenters. The van der Waals surface area contributed by atoms with Crippen LogP contribution in [0.4, 0.5) is 8.78 Å². The third-order valence-corrected chi connectivity index (χ3v) is 2.30. The number of aromatic amines is 1. The van der Waals surface area contributed by atoms with Gasteiger partial charge in [-0.05, 0) is 26.1 Å². The van der Waals surface area contributed by atoms with E-state index in [4.69, 9.17) is 17.0 Å². The number of alkyl halides is 2. The van der Waals surface area contributed by atoms with Crippen molar-refractivity contribution in [2.75, 3.05) is 13.2 Å². The lowest BCUT2D eigenvalue weighted by atomic mass is 10.3. The Bertz CT molecular complexity index is 375. The molecule has 0 aliphatic rings. The number of H-pyrrole nitrogens is 1. The van der Waals surface area contributed by atoms with Crippen LogP contribution < -0.4 is 0 Å². The van der Waals surface area contributed by atoms with Crippen molar-refractivity contribution in [3.63, 3.8) is 0 Å². The molecule has 0 radical (unpaired) electrons. The summed E-state index contributed by atoms with van der Waals surface area (Å²) in [5, 5.41) is 6.71. The summed E-state index contributed by atoms with van der Waals surface area (Å²) in [4.78, 5) is 0. The van der Waals surface area contributed by atoms with Gasteiger partial charge in [-0.2, -0.15) is 5.10 Å². The van der Waals surface area contributed by atoms with Crippen molar-refractivity contribution < 1.29 is 13.5 Å². The zero-order valence-electron chi connectivity index (χ0n) is 9.24. The second-order valence-corrected chi connectivity index (χ2v) is 4.01. The van der Waals surface area contributed by atoms with Gasteiger partial charge in [0.1, 0.15) is 12.4 Å². The largest absolute Gasteiger partial charge is 0.375 e. The van der Waals surface area contributed by atoms with Crippen molar-refractivity contribution >= 4 is 12.2 Å². The quantitative estimate of drug-likeness (QED) is 0.623. The maximum absolute atomic E-state index is 11.8. The second kappa shape index (κ2) is 6.05. The molecule has 0 aliphatic carbocycles. The van der Waals surface area contributed by atoms with Gasteiger partial charge in [0.25, 0.3) is 6.43 Å². The number of ether oxygens (including phenoxy) is 1. The number of nitrogens with one attached hydrogen (secondary N) is 1. The van der Waals surface area contributed by atoms with E-state index in [1.165, 1.54) is 0 Å². The predicted molar refractivity (Wildman–Crippen MR) is 58.3 cm³/mol. The van der Waals surface area contributed by atoms with Gasteiger partial charge in [-0.1, -0.05) is 0 Å². The zero-order chi connectivity index (χ0) is 12.1. The fourth-order valence-corrected chi connectivity index (χ4v) is 1.74. The molecule has 0 aromatic carbocycles. The van der Waals surface area contributed by atoms with Crippen molar-refractivity contribution in [1.82, 2.24) is 14.8 Å². The van der Waals surface area contributed by atoms with Crippen LogP contribution in [0.5, 0.6) is 0 Å². The molecule has 1 aromatic heterocycles. The van der Waals surface area contributed by atoms with Gasteiger partial charge in [-0.3, -0.25) is 5.10 Å². The fourth-order valence-electron chi connectivity index (χ4n) is 1.38. The highest BCUT2D eigenvalue weighted by Gasteiger charge is 2.09. The maximum atomic E-state index is 11.8. The van der Waals surface area contributed by atoms with Crippen LogP contribution >= 0.6 is 12.2 Å². The van der Waals surface area contributed by atoms with Crippen LogP contribution in [0.25, 0.3) is 0 Å². The van der Waals surface area contributed by atoms with E-state index >= 15 is 0 Å². The van der Waals surface area contributed by atoms with Gasteiger partial charge in [0.2, 0.25) is 0 Å². The monoisotopic (exact) mass is 251 g/mol. The minimum atomic E-state index is -2.43. The molecule has 1 N–H and O–H groups in total. The highest BCUT2D eigenvalue weighted by molar-refractivity contribution is 7.71. The first-order valence-corrected chi connectivity index (χ1v) is 5.45. The summed E-state index contributed by atoms with van der Waals surface area (Å²) < 4.78 is 30.8. The van der Waals surface area contributed by atoms with E-state index in [0.717, 1.165) is 5.82 Å². The highest BCUT2D eigenvalue weighted by Crippen LogP contribution is 2.09. The standard InChI is InChI=1S/C9H15F2N3OS/c1-6(2)14-8(12-13-9(14)16)3-4-15-5-7(10)11/h6-7H,3-5H2,1-2H3,(H,13,16). The van der Waals surface area contributed by atoms with Gasteiger partial charge in [0.15, 0.2) is 4.77 Å². The van der Waals surface area contributed by atoms with Crippen molar-refractivity contribution in [2.45, 2.75) is 32.7 Å². The Balaban J connectivity index is 2.51. The Kier molecular flexibility index (Phi) is 5.01. The Labute approximate surface area is 97.6 Å². The third kappa shape index (κ3) is 3.64. The molecule has 92 valence electrons. The van der Waals surface area contributed by atoms with Crippen LogP contribution in [-0.2, 0) is 11.2 Å². The molecule has 4 nitrogen and oxygen atoms in total. The van der Waals surface area contributed by atoms with E-state index in [0.29, 0.717) is 11.2 Å². The van der Waals surface area contributed by atoms with Gasteiger partial charge < -0.3 is 9.30 Å². The molecule has 7 heteroatoms. The first kappa shape index (κ1) is 13.2. The smallest absolute Gasteiger partial charge is 0.261 e. The SMILES string of the molecule is CC(C)n1c(CCOCC(F)F)n[nH]c1=S. The number of aromatic nitrogens is 3. The number of rotatable bonds is 6. The lowest BCUT2D eigenvalue weighted by molar-refractivity contribution is 0.0180. The average molecular weight is 251 g/mol. The van der Waals surface area contributed by atoms with E-state index in [1.54, 1.807) is 0 Å². The average Bonchev–Trinajstić information content (AvgIpc) is 2.54. The molecule has 1 rings (SSSR count). The van der Waals surface area contributed by atoms with E-state index in [9.17, 15) is 8.78 Å². The molecule has 1 heterocycles. The normalized spacial score (nSPS) is 11.6. The minimum absolute atomic E-state index is 0.191. The van der Waals surface area contributed by atoms with Gasteiger partial charge in [-0.25, -0.2) is 8.78 Å². The van der Waals surface area contributed by atoms with E-state index in [-0.39, 0.29) is 12.6 Å². The highest BCUT2D eigenvalue weighted by atomic mass is 32.1. The molecule has 0 bridgehead atoms. The van der Waals surface area contributed by atoms with Crippen LogP contribution in [0.1, 0.15) is 25.7 Å². The molecular formula is C9H15F2N3OS. The zero-order valence-corrected chi connectivity index (χ0v) is 10.1. The predicted octanol–water partition coefficient (Wildman–Crippen LogP) is 2.35. The Morgan fingerprint density at radius 1 is 1.50 bits per heavy atom. The van der Waals surface area contributed by atoms with Gasteiger partial charge in [0, 0.05) is 12.5 Å². The Morgan fingerprint density at radius 3 is 2.75 bits per heavy atom. The maximum Gasteiger partial charge on any atom is 0.261 e.